The van der Waals surface area contributed by atoms with Gasteiger partial charge >= 0.3 is 0 Å². The fourth-order valence-corrected chi connectivity index (χ4v) is 3.08. The molecule has 64 valence electrons. The van der Waals surface area contributed by atoms with Crippen molar-refractivity contribution in [3.05, 3.63) is 12.7 Å². The third-order valence-electron chi connectivity index (χ3n) is 1.90. The van der Waals surface area contributed by atoms with Crippen molar-refractivity contribution in [2.24, 2.45) is 0 Å². The average molecular weight is 176 g/mol. The summed E-state index contributed by atoms with van der Waals surface area (Å²) in [5.41, 5.74) is 0. The molecule has 0 aromatic rings. The molecule has 1 saturated heterocycles. The Balaban J connectivity index is 2.36. The molecule has 0 aromatic carbocycles. The quantitative estimate of drug-likeness (QED) is 0.556. The number of rotatable bonds is 3. The number of nitrogens with two attached hydrogens (primary N) is 1. The first-order valence-electron chi connectivity index (χ1n) is 3.79. The SMILES string of the molecule is C=CC[NH2+][C@H]1CCS(=O)(=O)C1. The summed E-state index contributed by atoms with van der Waals surface area (Å²) in [6, 6.07) is 0.276. The van der Waals surface area contributed by atoms with E-state index in [0.717, 1.165) is 13.0 Å². The molecule has 1 aliphatic heterocycles. The van der Waals surface area contributed by atoms with Gasteiger partial charge in [-0.05, 0) is 6.08 Å². The van der Waals surface area contributed by atoms with Crippen molar-refractivity contribution >= 4 is 9.84 Å². The molecule has 0 amide bonds. The zero-order valence-corrected chi connectivity index (χ0v) is 7.31. The Morgan fingerprint density at radius 3 is 2.82 bits per heavy atom. The molecule has 4 heteroatoms. The topological polar surface area (TPSA) is 50.8 Å². The van der Waals surface area contributed by atoms with Crippen LogP contribution in [0.3, 0.4) is 0 Å². The molecule has 0 saturated carbocycles. The van der Waals surface area contributed by atoms with Crippen molar-refractivity contribution in [2.45, 2.75) is 12.5 Å². The highest BCUT2D eigenvalue weighted by molar-refractivity contribution is 7.91. The predicted molar refractivity (Wildman–Crippen MR) is 44.0 cm³/mol. The van der Waals surface area contributed by atoms with E-state index >= 15 is 0 Å². The zero-order valence-electron chi connectivity index (χ0n) is 6.49. The second-order valence-electron chi connectivity index (χ2n) is 2.92. The summed E-state index contributed by atoms with van der Waals surface area (Å²) >= 11 is 0. The van der Waals surface area contributed by atoms with E-state index in [2.05, 4.69) is 6.58 Å². The average Bonchev–Trinajstić information content (AvgIpc) is 2.26. The van der Waals surface area contributed by atoms with Crippen LogP contribution in [0.15, 0.2) is 12.7 Å². The Morgan fingerprint density at radius 1 is 1.64 bits per heavy atom. The summed E-state index contributed by atoms with van der Waals surface area (Å²) in [7, 11) is -2.69. The van der Waals surface area contributed by atoms with Crippen molar-refractivity contribution < 1.29 is 13.7 Å². The van der Waals surface area contributed by atoms with E-state index in [-0.39, 0.29) is 6.04 Å². The van der Waals surface area contributed by atoms with Crippen LogP contribution in [-0.2, 0) is 9.84 Å². The van der Waals surface area contributed by atoms with Gasteiger partial charge in [-0.15, -0.1) is 0 Å². The first-order chi connectivity index (χ1) is 5.14. The van der Waals surface area contributed by atoms with Crippen molar-refractivity contribution in [1.29, 1.82) is 0 Å². The molecule has 0 aliphatic carbocycles. The van der Waals surface area contributed by atoms with E-state index in [1.807, 2.05) is 5.32 Å². The molecule has 0 spiro atoms. The van der Waals surface area contributed by atoms with Crippen molar-refractivity contribution in [3.63, 3.8) is 0 Å². The summed E-state index contributed by atoms with van der Waals surface area (Å²) in [6.07, 6.45) is 2.60. The maximum absolute atomic E-state index is 11.0. The van der Waals surface area contributed by atoms with Gasteiger partial charge in [-0.25, -0.2) is 8.42 Å². The van der Waals surface area contributed by atoms with Gasteiger partial charge in [-0.2, -0.15) is 0 Å². The minimum Gasteiger partial charge on any atom is -0.340 e. The number of hydrogen-bond donors (Lipinski definition) is 1. The summed E-state index contributed by atoms with van der Waals surface area (Å²) in [5.74, 6) is 0.714. The molecule has 1 atom stereocenters. The molecule has 1 rings (SSSR count). The third kappa shape index (κ3) is 2.63. The Kier molecular flexibility index (Phi) is 2.67. The first kappa shape index (κ1) is 8.74. The molecular weight excluding hydrogens is 162 g/mol. The minimum atomic E-state index is -2.69. The lowest BCUT2D eigenvalue weighted by Gasteiger charge is -2.02. The second kappa shape index (κ2) is 3.36. The van der Waals surface area contributed by atoms with Crippen LogP contribution < -0.4 is 5.32 Å². The van der Waals surface area contributed by atoms with Crippen molar-refractivity contribution in [1.82, 2.24) is 0 Å². The van der Waals surface area contributed by atoms with Gasteiger partial charge in [0.2, 0.25) is 0 Å². The molecule has 3 nitrogen and oxygen atoms in total. The minimum absolute atomic E-state index is 0.276. The van der Waals surface area contributed by atoms with Crippen LogP contribution in [0.25, 0.3) is 0 Å². The Bertz CT molecular complexity index is 233. The van der Waals surface area contributed by atoms with Gasteiger partial charge in [0.05, 0.1) is 12.3 Å². The van der Waals surface area contributed by atoms with Crippen LogP contribution >= 0.6 is 0 Å². The van der Waals surface area contributed by atoms with Gasteiger partial charge in [0, 0.05) is 6.42 Å². The predicted octanol–water partition coefficient (Wildman–Crippen LogP) is -1.08. The largest absolute Gasteiger partial charge is 0.340 e. The van der Waals surface area contributed by atoms with Crippen LogP contribution in [0.4, 0.5) is 0 Å². The molecule has 0 radical (unpaired) electrons. The lowest BCUT2D eigenvalue weighted by molar-refractivity contribution is -0.675. The van der Waals surface area contributed by atoms with Gasteiger partial charge in [-0.1, -0.05) is 6.58 Å². The Hall–Kier alpha value is -0.350. The fraction of sp³-hybridized carbons (Fsp3) is 0.714. The molecule has 11 heavy (non-hydrogen) atoms. The van der Waals surface area contributed by atoms with Gasteiger partial charge in [0.15, 0.2) is 9.84 Å². The summed E-state index contributed by atoms with van der Waals surface area (Å²) < 4.78 is 21.9. The summed E-state index contributed by atoms with van der Waals surface area (Å²) in [4.78, 5) is 0. The van der Waals surface area contributed by atoms with Gasteiger partial charge in [-0.3, -0.25) is 0 Å². The monoisotopic (exact) mass is 176 g/mol. The van der Waals surface area contributed by atoms with Crippen LogP contribution in [0.5, 0.6) is 0 Å². The normalized spacial score (nSPS) is 28.5. The Labute approximate surface area is 67.4 Å². The van der Waals surface area contributed by atoms with Crippen LogP contribution in [-0.4, -0.2) is 32.5 Å². The van der Waals surface area contributed by atoms with E-state index in [9.17, 15) is 8.42 Å². The highest BCUT2D eigenvalue weighted by Crippen LogP contribution is 2.07. The molecule has 0 unspecified atom stereocenters. The lowest BCUT2D eigenvalue weighted by atomic mass is 10.3. The first-order valence-corrected chi connectivity index (χ1v) is 5.61. The lowest BCUT2D eigenvalue weighted by Crippen LogP contribution is -2.90. The van der Waals surface area contributed by atoms with Gasteiger partial charge in [0.1, 0.15) is 11.8 Å². The van der Waals surface area contributed by atoms with E-state index < -0.39 is 9.84 Å². The van der Waals surface area contributed by atoms with Crippen molar-refractivity contribution in [2.75, 3.05) is 18.1 Å². The maximum Gasteiger partial charge on any atom is 0.156 e. The molecule has 1 heterocycles. The molecule has 1 aliphatic rings. The summed E-state index contributed by atoms with van der Waals surface area (Å²) in [5, 5.41) is 2.04. The van der Waals surface area contributed by atoms with Crippen molar-refractivity contribution in [3.8, 4) is 0 Å². The van der Waals surface area contributed by atoms with E-state index in [0.29, 0.717) is 11.5 Å². The molecular formula is C7H14NO2S+. The van der Waals surface area contributed by atoms with E-state index in [4.69, 9.17) is 0 Å². The highest BCUT2D eigenvalue weighted by atomic mass is 32.2. The van der Waals surface area contributed by atoms with Gasteiger partial charge < -0.3 is 5.32 Å². The van der Waals surface area contributed by atoms with Crippen LogP contribution in [0.2, 0.25) is 0 Å². The van der Waals surface area contributed by atoms with Crippen LogP contribution in [0.1, 0.15) is 6.42 Å². The van der Waals surface area contributed by atoms with Crippen LogP contribution in [0, 0.1) is 0 Å². The molecule has 2 N–H and O–H groups in total. The fourth-order valence-electron chi connectivity index (χ4n) is 1.30. The summed E-state index contributed by atoms with van der Waals surface area (Å²) in [6.45, 7) is 4.40. The number of quaternary nitrogens is 1. The highest BCUT2D eigenvalue weighted by Gasteiger charge is 2.29. The smallest absolute Gasteiger partial charge is 0.156 e. The zero-order chi connectivity index (χ0) is 8.32. The van der Waals surface area contributed by atoms with Gasteiger partial charge in [0.25, 0.3) is 0 Å². The third-order valence-corrected chi connectivity index (χ3v) is 3.70. The second-order valence-corrected chi connectivity index (χ2v) is 5.15. The standard InChI is InChI=1S/C7H13NO2S/c1-2-4-8-7-3-5-11(9,10)6-7/h2,7-8H,1,3-6H2/p+1/t7-/m0/s1. The van der Waals surface area contributed by atoms with E-state index in [1.54, 1.807) is 6.08 Å². The molecule has 0 bridgehead atoms. The van der Waals surface area contributed by atoms with E-state index in [1.165, 1.54) is 0 Å². The molecule has 1 fully saturated rings. The number of hydrogen-bond acceptors (Lipinski definition) is 2. The maximum atomic E-state index is 11.0. The molecule has 0 aromatic heterocycles. The Morgan fingerprint density at radius 2 is 2.36 bits per heavy atom. The number of sulfone groups is 1.